The molecule has 1 saturated heterocycles. The molecule has 13 heavy (non-hydrogen) atoms. The third-order valence-corrected chi connectivity index (χ3v) is 2.85. The molecule has 0 aromatic heterocycles. The van der Waals surface area contributed by atoms with Gasteiger partial charge in [0.2, 0.25) is 5.91 Å². The van der Waals surface area contributed by atoms with Gasteiger partial charge in [0.1, 0.15) is 0 Å². The second kappa shape index (κ2) is 4.45. The van der Waals surface area contributed by atoms with Crippen LogP contribution in [-0.2, 0) is 4.79 Å². The zero-order chi connectivity index (χ0) is 9.84. The highest BCUT2D eigenvalue weighted by molar-refractivity contribution is 5.81. The summed E-state index contributed by atoms with van der Waals surface area (Å²) in [5.74, 6) is 0.793. The van der Waals surface area contributed by atoms with E-state index in [0.29, 0.717) is 5.92 Å². The number of hydrogen-bond donors (Lipinski definition) is 1. The minimum Gasteiger partial charge on any atom is -0.355 e. The van der Waals surface area contributed by atoms with Crippen molar-refractivity contribution in [1.29, 1.82) is 0 Å². The molecular weight excluding hydrogens is 162 g/mol. The highest BCUT2D eigenvalue weighted by Gasteiger charge is 2.31. The highest BCUT2D eigenvalue weighted by atomic mass is 16.2. The molecule has 0 saturated carbocycles. The largest absolute Gasteiger partial charge is 0.355 e. The van der Waals surface area contributed by atoms with E-state index in [9.17, 15) is 4.79 Å². The number of amides is 1. The normalized spacial score (nSPS) is 29.2. The Labute approximate surface area is 80.4 Å². The first-order chi connectivity index (χ1) is 6.16. The first-order valence-electron chi connectivity index (χ1n) is 5.11. The van der Waals surface area contributed by atoms with E-state index in [1.807, 2.05) is 6.92 Å². The third kappa shape index (κ3) is 2.33. The van der Waals surface area contributed by atoms with Crippen molar-refractivity contribution in [2.45, 2.75) is 33.6 Å². The van der Waals surface area contributed by atoms with Crippen LogP contribution in [0.25, 0.3) is 0 Å². The monoisotopic (exact) mass is 181 g/mol. The molecule has 1 aliphatic heterocycles. The Hall–Kier alpha value is -0.790. The Morgan fingerprint density at radius 3 is 2.85 bits per heavy atom. The first kappa shape index (κ1) is 10.3. The van der Waals surface area contributed by atoms with Crippen LogP contribution in [0.15, 0.2) is 11.6 Å². The number of carbonyl (C=O) groups excluding carboxylic acids is 1. The van der Waals surface area contributed by atoms with Gasteiger partial charge >= 0.3 is 0 Å². The summed E-state index contributed by atoms with van der Waals surface area (Å²) in [4.78, 5) is 11.2. The van der Waals surface area contributed by atoms with Crippen LogP contribution in [0.1, 0.15) is 33.6 Å². The van der Waals surface area contributed by atoms with Gasteiger partial charge in [0.25, 0.3) is 0 Å². The summed E-state index contributed by atoms with van der Waals surface area (Å²) in [5.41, 5.74) is 1.37. The maximum atomic E-state index is 11.2. The molecule has 74 valence electrons. The Morgan fingerprint density at radius 2 is 2.38 bits per heavy atom. The molecule has 0 aliphatic carbocycles. The number of carbonyl (C=O) groups is 1. The van der Waals surface area contributed by atoms with E-state index in [1.54, 1.807) is 0 Å². The van der Waals surface area contributed by atoms with Gasteiger partial charge in [0.15, 0.2) is 0 Å². The fourth-order valence-electron chi connectivity index (χ4n) is 1.81. The van der Waals surface area contributed by atoms with Crippen molar-refractivity contribution in [3.63, 3.8) is 0 Å². The summed E-state index contributed by atoms with van der Waals surface area (Å²) in [6.07, 6.45) is 4.57. The third-order valence-electron chi connectivity index (χ3n) is 2.85. The molecule has 1 N–H and O–H groups in total. The van der Waals surface area contributed by atoms with Crippen LogP contribution in [0.3, 0.4) is 0 Å². The molecule has 0 unspecified atom stereocenters. The number of hydrogen-bond acceptors (Lipinski definition) is 1. The smallest absolute Gasteiger partial charge is 0.223 e. The van der Waals surface area contributed by atoms with Crippen molar-refractivity contribution in [2.75, 3.05) is 6.54 Å². The predicted octanol–water partition coefficient (Wildman–Crippen LogP) is 2.11. The van der Waals surface area contributed by atoms with Crippen molar-refractivity contribution in [3.8, 4) is 0 Å². The first-order valence-corrected chi connectivity index (χ1v) is 5.11. The Balaban J connectivity index is 2.57. The van der Waals surface area contributed by atoms with E-state index < -0.39 is 0 Å². The van der Waals surface area contributed by atoms with Gasteiger partial charge in [0.05, 0.1) is 0 Å². The quantitative estimate of drug-likeness (QED) is 0.664. The van der Waals surface area contributed by atoms with Gasteiger partial charge in [-0.2, -0.15) is 0 Å². The lowest BCUT2D eigenvalue weighted by Gasteiger charge is -2.12. The van der Waals surface area contributed by atoms with Gasteiger partial charge in [-0.3, -0.25) is 4.79 Å². The van der Waals surface area contributed by atoms with Gasteiger partial charge < -0.3 is 5.32 Å². The summed E-state index contributed by atoms with van der Waals surface area (Å²) >= 11 is 0. The minimum atomic E-state index is 0.160. The molecular formula is C11H19NO. The summed E-state index contributed by atoms with van der Waals surface area (Å²) in [5, 5.41) is 2.90. The summed E-state index contributed by atoms with van der Waals surface area (Å²) in [7, 11) is 0. The maximum Gasteiger partial charge on any atom is 0.223 e. The molecule has 1 amide bonds. The van der Waals surface area contributed by atoms with Gasteiger partial charge in [0, 0.05) is 18.4 Å². The van der Waals surface area contributed by atoms with Gasteiger partial charge in [-0.05, 0) is 13.3 Å². The van der Waals surface area contributed by atoms with E-state index in [4.69, 9.17) is 0 Å². The number of nitrogens with one attached hydrogen (secondary N) is 1. The molecule has 1 rings (SSSR count). The molecule has 0 bridgehead atoms. The van der Waals surface area contributed by atoms with E-state index in [0.717, 1.165) is 13.0 Å². The van der Waals surface area contributed by atoms with Crippen LogP contribution in [0.5, 0.6) is 0 Å². The minimum absolute atomic E-state index is 0.160. The lowest BCUT2D eigenvalue weighted by Crippen LogP contribution is -2.17. The van der Waals surface area contributed by atoms with E-state index in [2.05, 4.69) is 25.2 Å². The Morgan fingerprint density at radius 1 is 1.69 bits per heavy atom. The van der Waals surface area contributed by atoms with Gasteiger partial charge in [-0.25, -0.2) is 0 Å². The highest BCUT2D eigenvalue weighted by Crippen LogP contribution is 2.24. The molecule has 2 atom stereocenters. The number of allylic oxidation sites excluding steroid dienone is 1. The SMILES string of the molecule is CCC/C=C(\C)[C@H]1CNC(=O)[C@H]1C. The molecule has 1 aliphatic rings. The summed E-state index contributed by atoms with van der Waals surface area (Å²) in [6.45, 7) is 7.14. The molecule has 0 spiro atoms. The van der Waals surface area contributed by atoms with Crippen LogP contribution >= 0.6 is 0 Å². The van der Waals surface area contributed by atoms with E-state index in [-0.39, 0.29) is 11.8 Å². The molecule has 1 heterocycles. The molecule has 1 fully saturated rings. The molecule has 2 heteroatoms. The van der Waals surface area contributed by atoms with Crippen molar-refractivity contribution in [2.24, 2.45) is 11.8 Å². The predicted molar refractivity (Wildman–Crippen MR) is 54.3 cm³/mol. The Bertz CT molecular complexity index is 220. The standard InChI is InChI=1S/C11H19NO/c1-4-5-6-8(2)10-7-12-11(13)9(10)3/h6,9-10H,4-5,7H2,1-3H3,(H,12,13)/b8-6+/t9-,10+/m0/s1. The van der Waals surface area contributed by atoms with Crippen LogP contribution in [0, 0.1) is 11.8 Å². The zero-order valence-electron chi connectivity index (χ0n) is 8.76. The second-order valence-electron chi connectivity index (χ2n) is 3.88. The van der Waals surface area contributed by atoms with E-state index in [1.165, 1.54) is 12.0 Å². The fraction of sp³-hybridized carbons (Fsp3) is 0.727. The lowest BCUT2D eigenvalue weighted by molar-refractivity contribution is -0.122. The summed E-state index contributed by atoms with van der Waals surface area (Å²) < 4.78 is 0. The van der Waals surface area contributed by atoms with Crippen molar-refractivity contribution in [3.05, 3.63) is 11.6 Å². The van der Waals surface area contributed by atoms with Crippen LogP contribution < -0.4 is 5.32 Å². The number of rotatable bonds is 3. The fourth-order valence-corrected chi connectivity index (χ4v) is 1.81. The molecule has 2 nitrogen and oxygen atoms in total. The van der Waals surface area contributed by atoms with Crippen LogP contribution in [0.4, 0.5) is 0 Å². The van der Waals surface area contributed by atoms with Crippen LogP contribution in [-0.4, -0.2) is 12.5 Å². The van der Waals surface area contributed by atoms with Crippen LogP contribution in [0.2, 0.25) is 0 Å². The van der Waals surface area contributed by atoms with E-state index >= 15 is 0 Å². The maximum absolute atomic E-state index is 11.2. The Kier molecular flexibility index (Phi) is 3.52. The number of unbranched alkanes of at least 4 members (excludes halogenated alkanes) is 1. The van der Waals surface area contributed by atoms with Gasteiger partial charge in [-0.1, -0.05) is 31.9 Å². The molecule has 0 aromatic rings. The lowest BCUT2D eigenvalue weighted by atomic mass is 9.90. The zero-order valence-corrected chi connectivity index (χ0v) is 8.76. The van der Waals surface area contributed by atoms with Crippen molar-refractivity contribution in [1.82, 2.24) is 5.32 Å². The van der Waals surface area contributed by atoms with Crippen molar-refractivity contribution >= 4 is 5.91 Å². The van der Waals surface area contributed by atoms with Gasteiger partial charge in [-0.15, -0.1) is 0 Å². The average Bonchev–Trinajstić information content (AvgIpc) is 2.44. The second-order valence-corrected chi connectivity index (χ2v) is 3.88. The summed E-state index contributed by atoms with van der Waals surface area (Å²) in [6, 6.07) is 0. The average molecular weight is 181 g/mol. The van der Waals surface area contributed by atoms with Crippen molar-refractivity contribution < 1.29 is 4.79 Å². The molecule has 0 aromatic carbocycles. The topological polar surface area (TPSA) is 29.1 Å². The molecule has 0 radical (unpaired) electrons.